The van der Waals surface area contributed by atoms with Gasteiger partial charge in [-0.3, -0.25) is 4.79 Å². The molecule has 1 aromatic heterocycles. The molecule has 0 saturated carbocycles. The van der Waals surface area contributed by atoms with Gasteiger partial charge in [-0.05, 0) is 29.3 Å². The van der Waals surface area contributed by atoms with Crippen LogP contribution in [0.15, 0.2) is 42.5 Å². The van der Waals surface area contributed by atoms with E-state index >= 15 is 0 Å². The van der Waals surface area contributed by atoms with E-state index in [1.165, 1.54) is 12.0 Å². The predicted molar refractivity (Wildman–Crippen MR) is 114 cm³/mol. The molecule has 1 aliphatic rings. The van der Waals surface area contributed by atoms with Gasteiger partial charge in [0.15, 0.2) is 0 Å². The molecule has 0 saturated heterocycles. The average Bonchev–Trinajstić information content (AvgIpc) is 3.10. The summed E-state index contributed by atoms with van der Waals surface area (Å²) < 4.78 is 5.01. The summed E-state index contributed by atoms with van der Waals surface area (Å²) in [5.41, 5.74) is 3.31. The Kier molecular flexibility index (Phi) is 5.47. The molecule has 3 aromatic rings. The number of alkyl halides is 1. The van der Waals surface area contributed by atoms with Crippen LogP contribution in [0.1, 0.15) is 22.9 Å². The number of benzene rings is 2. The second-order valence-electron chi connectivity index (χ2n) is 6.81. The first-order valence-electron chi connectivity index (χ1n) is 8.95. The molecule has 8 heteroatoms. The summed E-state index contributed by atoms with van der Waals surface area (Å²) in [7, 11) is 1.31. The van der Waals surface area contributed by atoms with Crippen molar-refractivity contribution in [3.05, 3.63) is 69.3 Å². The largest absolute Gasteiger partial charge is 0.467 e. The minimum Gasteiger partial charge on any atom is -0.467 e. The molecule has 1 amide bonds. The van der Waals surface area contributed by atoms with Crippen molar-refractivity contribution in [3.63, 3.8) is 0 Å². The van der Waals surface area contributed by atoms with Gasteiger partial charge in [0.05, 0.1) is 13.2 Å². The molecule has 1 aliphatic heterocycles. The van der Waals surface area contributed by atoms with Crippen molar-refractivity contribution in [2.24, 2.45) is 0 Å². The molecule has 5 nitrogen and oxygen atoms in total. The summed E-state index contributed by atoms with van der Waals surface area (Å²) in [6.07, 6.45) is 0.316. The summed E-state index contributed by atoms with van der Waals surface area (Å²) in [6, 6.07) is 11.4. The fourth-order valence-corrected chi connectivity index (χ4v) is 4.68. The normalized spacial score (nSPS) is 18.6. The van der Waals surface area contributed by atoms with Crippen molar-refractivity contribution < 1.29 is 14.3 Å². The standard InChI is InChI=1S/C21H17Cl3N2O3/c1-29-21(28)17-9-14-12-4-2-3-5-16(12)25-19(14)20(26(17)18(27)10-22)13-7-6-11(23)8-15(13)24/h2-8,17,20,25H,9-10H2,1H3/t17-,20-/m0/s1. The van der Waals surface area contributed by atoms with Crippen LogP contribution in [0.4, 0.5) is 0 Å². The van der Waals surface area contributed by atoms with E-state index in [0.29, 0.717) is 22.0 Å². The second-order valence-corrected chi connectivity index (χ2v) is 7.92. The zero-order valence-electron chi connectivity index (χ0n) is 15.4. The first-order valence-corrected chi connectivity index (χ1v) is 10.2. The molecule has 2 heterocycles. The first-order chi connectivity index (χ1) is 14.0. The number of aromatic amines is 1. The van der Waals surface area contributed by atoms with E-state index in [2.05, 4.69) is 4.98 Å². The van der Waals surface area contributed by atoms with E-state index in [-0.39, 0.29) is 11.8 Å². The minimum absolute atomic E-state index is 0.273. The molecular formula is C21H17Cl3N2O3. The Hall–Kier alpha value is -2.21. The molecule has 0 unspecified atom stereocenters. The Labute approximate surface area is 182 Å². The number of hydrogen-bond acceptors (Lipinski definition) is 3. The number of ether oxygens (including phenoxy) is 1. The van der Waals surface area contributed by atoms with Gasteiger partial charge >= 0.3 is 5.97 Å². The number of fused-ring (bicyclic) bond motifs is 3. The van der Waals surface area contributed by atoms with Crippen molar-refractivity contribution in [1.29, 1.82) is 0 Å². The maximum absolute atomic E-state index is 12.9. The van der Waals surface area contributed by atoms with Crippen molar-refractivity contribution >= 4 is 57.6 Å². The summed E-state index contributed by atoms with van der Waals surface area (Å²) in [6.45, 7) is 0. The third-order valence-electron chi connectivity index (χ3n) is 5.26. The minimum atomic E-state index is -0.824. The van der Waals surface area contributed by atoms with Crippen molar-refractivity contribution in [3.8, 4) is 0 Å². The molecule has 0 spiro atoms. The first kappa shape index (κ1) is 20.1. The highest BCUT2D eigenvalue weighted by Crippen LogP contribution is 2.43. The lowest BCUT2D eigenvalue weighted by Crippen LogP contribution is -2.52. The zero-order chi connectivity index (χ0) is 20.7. The van der Waals surface area contributed by atoms with E-state index in [0.717, 1.165) is 22.2 Å². The molecule has 2 atom stereocenters. The SMILES string of the molecule is COC(=O)[C@@H]1Cc2c([nH]c3ccccc23)[C@H](c2ccc(Cl)cc2Cl)N1C(=O)CCl. The molecular weight excluding hydrogens is 435 g/mol. The molecule has 29 heavy (non-hydrogen) atoms. The smallest absolute Gasteiger partial charge is 0.328 e. The third kappa shape index (κ3) is 3.37. The number of nitrogens with zero attached hydrogens (tertiary/aromatic N) is 1. The van der Waals surface area contributed by atoms with Crippen LogP contribution in [0.2, 0.25) is 10.0 Å². The number of rotatable bonds is 3. The lowest BCUT2D eigenvalue weighted by Gasteiger charge is -2.41. The number of nitrogens with one attached hydrogen (secondary N) is 1. The van der Waals surface area contributed by atoms with Crippen LogP contribution in [0, 0.1) is 0 Å². The van der Waals surface area contributed by atoms with Crippen LogP contribution >= 0.6 is 34.8 Å². The van der Waals surface area contributed by atoms with Gasteiger partial charge in [0, 0.05) is 33.1 Å². The maximum atomic E-state index is 12.9. The van der Waals surface area contributed by atoms with Crippen LogP contribution < -0.4 is 0 Å². The Morgan fingerprint density at radius 3 is 2.66 bits per heavy atom. The quantitative estimate of drug-likeness (QED) is 0.462. The molecule has 0 aliphatic carbocycles. The lowest BCUT2D eigenvalue weighted by atomic mass is 9.88. The molecule has 4 rings (SSSR count). The molecule has 1 N–H and O–H groups in total. The average molecular weight is 452 g/mol. The second kappa shape index (κ2) is 7.90. The van der Waals surface area contributed by atoms with Gasteiger partial charge in [0.25, 0.3) is 0 Å². The van der Waals surface area contributed by atoms with E-state index in [1.807, 2.05) is 24.3 Å². The Bertz CT molecular complexity index is 1110. The van der Waals surface area contributed by atoms with Crippen LogP contribution in [-0.4, -0.2) is 40.8 Å². The van der Waals surface area contributed by atoms with Crippen molar-refractivity contribution in [2.45, 2.75) is 18.5 Å². The van der Waals surface area contributed by atoms with Gasteiger partial charge in [-0.2, -0.15) is 0 Å². The number of hydrogen-bond donors (Lipinski definition) is 1. The van der Waals surface area contributed by atoms with E-state index in [1.54, 1.807) is 18.2 Å². The highest BCUT2D eigenvalue weighted by atomic mass is 35.5. The van der Waals surface area contributed by atoms with Gasteiger partial charge in [0.2, 0.25) is 5.91 Å². The maximum Gasteiger partial charge on any atom is 0.328 e. The molecule has 0 fully saturated rings. The number of esters is 1. The van der Waals surface area contributed by atoms with E-state index in [4.69, 9.17) is 39.5 Å². The van der Waals surface area contributed by atoms with Gasteiger partial charge < -0.3 is 14.6 Å². The number of halogens is 3. The highest BCUT2D eigenvalue weighted by molar-refractivity contribution is 6.35. The number of aromatic nitrogens is 1. The zero-order valence-corrected chi connectivity index (χ0v) is 17.7. The summed E-state index contributed by atoms with van der Waals surface area (Å²) in [5, 5.41) is 1.86. The number of methoxy groups -OCH3 is 1. The summed E-state index contributed by atoms with van der Waals surface area (Å²) >= 11 is 18.5. The molecule has 0 radical (unpaired) electrons. The number of carbonyl (C=O) groups excluding carboxylic acids is 2. The van der Waals surface area contributed by atoms with Gasteiger partial charge in [0.1, 0.15) is 11.9 Å². The summed E-state index contributed by atoms with van der Waals surface area (Å²) in [4.78, 5) is 30.4. The fraction of sp³-hybridized carbons (Fsp3) is 0.238. The topological polar surface area (TPSA) is 62.4 Å². The number of para-hydroxylation sites is 1. The summed E-state index contributed by atoms with van der Waals surface area (Å²) in [5.74, 6) is -1.16. The predicted octanol–water partition coefficient (Wildman–Crippen LogP) is 4.73. The van der Waals surface area contributed by atoms with Crippen LogP contribution in [0.25, 0.3) is 10.9 Å². The number of carbonyl (C=O) groups is 2. The Balaban J connectivity index is 2.01. The number of H-pyrrole nitrogens is 1. The lowest BCUT2D eigenvalue weighted by molar-refractivity contribution is -0.154. The van der Waals surface area contributed by atoms with Crippen molar-refractivity contribution in [2.75, 3.05) is 13.0 Å². The molecule has 2 aromatic carbocycles. The third-order valence-corrected chi connectivity index (χ3v) is 6.06. The Morgan fingerprint density at radius 2 is 1.97 bits per heavy atom. The Morgan fingerprint density at radius 1 is 1.21 bits per heavy atom. The van der Waals surface area contributed by atoms with Crippen LogP contribution in [-0.2, 0) is 20.7 Å². The van der Waals surface area contributed by atoms with Gasteiger partial charge in [-0.1, -0.05) is 47.5 Å². The van der Waals surface area contributed by atoms with E-state index < -0.39 is 18.1 Å². The van der Waals surface area contributed by atoms with Crippen LogP contribution in [0.5, 0.6) is 0 Å². The van der Waals surface area contributed by atoms with Gasteiger partial charge in [-0.15, -0.1) is 11.6 Å². The van der Waals surface area contributed by atoms with Crippen LogP contribution in [0.3, 0.4) is 0 Å². The van der Waals surface area contributed by atoms with Gasteiger partial charge in [-0.25, -0.2) is 4.79 Å². The number of amides is 1. The monoisotopic (exact) mass is 450 g/mol. The molecule has 150 valence electrons. The molecule has 0 bridgehead atoms. The van der Waals surface area contributed by atoms with Crippen molar-refractivity contribution in [1.82, 2.24) is 9.88 Å². The fourth-order valence-electron chi connectivity index (χ4n) is 4.03. The van der Waals surface area contributed by atoms with E-state index in [9.17, 15) is 9.59 Å². The highest BCUT2D eigenvalue weighted by Gasteiger charge is 2.44.